The van der Waals surface area contributed by atoms with Crippen LogP contribution in [-0.4, -0.2) is 35.7 Å². The van der Waals surface area contributed by atoms with Gasteiger partial charge in [0.15, 0.2) is 5.82 Å². The third-order valence-corrected chi connectivity index (χ3v) is 4.41. The number of rotatable bonds is 4. The van der Waals surface area contributed by atoms with Crippen LogP contribution < -0.4 is 5.73 Å². The Balaban J connectivity index is 1.70. The molecule has 0 aliphatic heterocycles. The molecule has 0 spiro atoms. The second-order valence-corrected chi connectivity index (χ2v) is 6.14. The zero-order valence-corrected chi connectivity index (χ0v) is 11.2. The van der Waals surface area contributed by atoms with Crippen molar-refractivity contribution in [3.05, 3.63) is 11.7 Å². The topological polar surface area (TPSA) is 68.2 Å². The number of hydrogen-bond donors (Lipinski definition) is 1. The van der Waals surface area contributed by atoms with Crippen LogP contribution >= 0.6 is 0 Å². The Labute approximate surface area is 108 Å². The van der Waals surface area contributed by atoms with Crippen LogP contribution in [0.1, 0.15) is 49.4 Å². The molecule has 5 nitrogen and oxygen atoms in total. The van der Waals surface area contributed by atoms with Gasteiger partial charge in [0.1, 0.15) is 0 Å². The highest BCUT2D eigenvalue weighted by atomic mass is 16.5. The lowest BCUT2D eigenvalue weighted by atomic mass is 9.89. The lowest BCUT2D eigenvalue weighted by Gasteiger charge is -2.17. The third kappa shape index (κ3) is 2.17. The maximum absolute atomic E-state index is 6.06. The summed E-state index contributed by atoms with van der Waals surface area (Å²) in [6, 6.07) is -0.156. The number of hydrogen-bond acceptors (Lipinski definition) is 5. The molecule has 2 fully saturated rings. The molecule has 0 amide bonds. The van der Waals surface area contributed by atoms with Gasteiger partial charge in [-0.25, -0.2) is 0 Å². The summed E-state index contributed by atoms with van der Waals surface area (Å²) in [6.07, 6.45) is 5.31. The molecule has 1 aromatic heterocycles. The molecule has 100 valence electrons. The normalized spacial score (nSPS) is 32.3. The first-order valence-electron chi connectivity index (χ1n) is 6.87. The average molecular weight is 250 g/mol. The highest BCUT2D eigenvalue weighted by molar-refractivity contribution is 5.06. The molecule has 2 aliphatic rings. The predicted octanol–water partition coefficient (Wildman–Crippen LogP) is 1.53. The smallest absolute Gasteiger partial charge is 0.230 e. The van der Waals surface area contributed by atoms with E-state index in [4.69, 9.17) is 10.3 Å². The minimum Gasteiger partial charge on any atom is -0.339 e. The van der Waals surface area contributed by atoms with E-state index in [9.17, 15) is 0 Å². The van der Waals surface area contributed by atoms with Crippen LogP contribution in [0.5, 0.6) is 0 Å². The van der Waals surface area contributed by atoms with E-state index in [1.807, 2.05) is 19.0 Å². The van der Waals surface area contributed by atoms with Gasteiger partial charge >= 0.3 is 0 Å². The molecule has 0 radical (unpaired) electrons. The Bertz CT molecular complexity index is 417. The van der Waals surface area contributed by atoms with Crippen LogP contribution in [0.2, 0.25) is 0 Å². The molecule has 2 N–H and O–H groups in total. The van der Waals surface area contributed by atoms with Gasteiger partial charge in [-0.3, -0.25) is 0 Å². The van der Waals surface area contributed by atoms with E-state index < -0.39 is 0 Å². The molecule has 5 heteroatoms. The molecule has 2 saturated carbocycles. The van der Waals surface area contributed by atoms with Gasteiger partial charge in [0.05, 0.1) is 6.04 Å². The Morgan fingerprint density at radius 1 is 1.39 bits per heavy atom. The quantitative estimate of drug-likeness (QED) is 0.877. The first-order chi connectivity index (χ1) is 8.63. The minimum atomic E-state index is -0.156. The molecule has 4 unspecified atom stereocenters. The van der Waals surface area contributed by atoms with Gasteiger partial charge in [-0.2, -0.15) is 4.98 Å². The number of aromatic nitrogens is 2. The molecule has 3 rings (SSSR count). The summed E-state index contributed by atoms with van der Waals surface area (Å²) in [7, 11) is 3.99. The fourth-order valence-corrected chi connectivity index (χ4v) is 3.57. The first-order valence-corrected chi connectivity index (χ1v) is 6.87. The number of nitrogens with zero attached hydrogens (tertiary/aromatic N) is 3. The zero-order chi connectivity index (χ0) is 12.7. The second kappa shape index (κ2) is 4.63. The summed E-state index contributed by atoms with van der Waals surface area (Å²) < 4.78 is 5.44. The van der Waals surface area contributed by atoms with E-state index in [0.717, 1.165) is 24.3 Å². The Morgan fingerprint density at radius 2 is 2.22 bits per heavy atom. The predicted molar refractivity (Wildman–Crippen MR) is 68.0 cm³/mol. The molecule has 1 aromatic rings. The molecule has 2 aliphatic carbocycles. The van der Waals surface area contributed by atoms with Crippen molar-refractivity contribution in [1.82, 2.24) is 15.0 Å². The van der Waals surface area contributed by atoms with E-state index in [0.29, 0.717) is 11.7 Å². The molecule has 4 atom stereocenters. The van der Waals surface area contributed by atoms with Gasteiger partial charge in [0.25, 0.3) is 0 Å². The van der Waals surface area contributed by atoms with Crippen molar-refractivity contribution in [2.24, 2.45) is 17.6 Å². The SMILES string of the molecule is CN(C)CC(N)c1noc(C2CC3CCC2C3)n1. The standard InChI is InChI=1S/C13H22N4O/c1-17(2)7-11(14)12-15-13(18-16-12)10-6-8-3-4-9(10)5-8/h8-11H,3-7,14H2,1-2H3. The van der Waals surface area contributed by atoms with E-state index in [1.54, 1.807) is 0 Å². The number of likely N-dealkylation sites (N-methyl/N-ethyl adjacent to an activating group) is 1. The van der Waals surface area contributed by atoms with Crippen molar-refractivity contribution in [2.45, 2.75) is 37.6 Å². The Hall–Kier alpha value is -0.940. The monoisotopic (exact) mass is 250 g/mol. The van der Waals surface area contributed by atoms with Crippen molar-refractivity contribution >= 4 is 0 Å². The largest absolute Gasteiger partial charge is 0.339 e. The van der Waals surface area contributed by atoms with Gasteiger partial charge in [-0.15, -0.1) is 0 Å². The second-order valence-electron chi connectivity index (χ2n) is 6.14. The third-order valence-electron chi connectivity index (χ3n) is 4.41. The van der Waals surface area contributed by atoms with Crippen molar-refractivity contribution in [2.75, 3.05) is 20.6 Å². The van der Waals surface area contributed by atoms with Crippen LogP contribution in [0.15, 0.2) is 4.52 Å². The lowest BCUT2D eigenvalue weighted by molar-refractivity contribution is 0.298. The van der Waals surface area contributed by atoms with Crippen molar-refractivity contribution < 1.29 is 4.52 Å². The summed E-state index contributed by atoms with van der Waals surface area (Å²) in [5.74, 6) is 3.64. The highest BCUT2D eigenvalue weighted by Crippen LogP contribution is 2.52. The van der Waals surface area contributed by atoms with Gasteiger partial charge < -0.3 is 15.2 Å². The van der Waals surface area contributed by atoms with Crippen LogP contribution in [0.3, 0.4) is 0 Å². The van der Waals surface area contributed by atoms with Gasteiger partial charge in [-0.05, 0) is 45.2 Å². The van der Waals surface area contributed by atoms with Crippen LogP contribution in [0.25, 0.3) is 0 Å². The molecule has 1 heterocycles. The summed E-state index contributed by atoms with van der Waals surface area (Å²) in [5.41, 5.74) is 6.06. The summed E-state index contributed by atoms with van der Waals surface area (Å²) in [5, 5.41) is 4.06. The highest BCUT2D eigenvalue weighted by Gasteiger charge is 2.43. The van der Waals surface area contributed by atoms with Crippen LogP contribution in [-0.2, 0) is 0 Å². The van der Waals surface area contributed by atoms with Crippen molar-refractivity contribution in [1.29, 1.82) is 0 Å². The molecule has 18 heavy (non-hydrogen) atoms. The van der Waals surface area contributed by atoms with Crippen molar-refractivity contribution in [3.63, 3.8) is 0 Å². The molecule has 0 aromatic carbocycles. The molecular formula is C13H22N4O. The van der Waals surface area contributed by atoms with Crippen LogP contribution in [0.4, 0.5) is 0 Å². The molecule has 2 bridgehead atoms. The van der Waals surface area contributed by atoms with Crippen molar-refractivity contribution in [3.8, 4) is 0 Å². The summed E-state index contributed by atoms with van der Waals surface area (Å²) in [4.78, 5) is 6.57. The Morgan fingerprint density at radius 3 is 2.83 bits per heavy atom. The number of fused-ring (bicyclic) bond motifs is 2. The first kappa shape index (κ1) is 12.1. The maximum atomic E-state index is 6.06. The van der Waals surface area contributed by atoms with E-state index in [2.05, 4.69) is 10.1 Å². The fraction of sp³-hybridized carbons (Fsp3) is 0.846. The van der Waals surface area contributed by atoms with E-state index in [1.165, 1.54) is 25.7 Å². The zero-order valence-electron chi connectivity index (χ0n) is 11.2. The lowest BCUT2D eigenvalue weighted by Crippen LogP contribution is -2.26. The van der Waals surface area contributed by atoms with E-state index >= 15 is 0 Å². The summed E-state index contributed by atoms with van der Waals surface area (Å²) in [6.45, 7) is 0.746. The molecule has 0 saturated heterocycles. The van der Waals surface area contributed by atoms with Gasteiger partial charge in [0.2, 0.25) is 5.89 Å². The number of nitrogens with two attached hydrogens (primary N) is 1. The van der Waals surface area contributed by atoms with E-state index in [-0.39, 0.29) is 6.04 Å². The van der Waals surface area contributed by atoms with Gasteiger partial charge in [0, 0.05) is 12.5 Å². The average Bonchev–Trinajstić information content (AvgIpc) is 3.03. The maximum Gasteiger partial charge on any atom is 0.230 e. The fourth-order valence-electron chi connectivity index (χ4n) is 3.57. The van der Waals surface area contributed by atoms with Crippen LogP contribution in [0, 0.1) is 11.8 Å². The van der Waals surface area contributed by atoms with Gasteiger partial charge in [-0.1, -0.05) is 11.6 Å². The summed E-state index contributed by atoms with van der Waals surface area (Å²) >= 11 is 0. The minimum absolute atomic E-state index is 0.156. The Kier molecular flexibility index (Phi) is 3.11. The molecular weight excluding hydrogens is 228 g/mol.